The van der Waals surface area contributed by atoms with Crippen molar-refractivity contribution in [2.45, 2.75) is 0 Å². The van der Waals surface area contributed by atoms with Crippen molar-refractivity contribution in [2.75, 3.05) is 6.54 Å². The van der Waals surface area contributed by atoms with Crippen molar-refractivity contribution in [3.05, 3.63) is 41.2 Å². The molecule has 0 bridgehead atoms. The fourth-order valence-electron chi connectivity index (χ4n) is 0.892. The van der Waals surface area contributed by atoms with Crippen molar-refractivity contribution >= 4 is 6.08 Å². The van der Waals surface area contributed by atoms with Crippen LogP contribution in [0.15, 0.2) is 18.2 Å². The predicted molar refractivity (Wildman–Crippen MR) is 44.4 cm³/mol. The second-order valence-corrected chi connectivity index (χ2v) is 2.43. The van der Waals surface area contributed by atoms with Gasteiger partial charge >= 0.3 is 0 Å². The maximum absolute atomic E-state index is 12.9. The van der Waals surface area contributed by atoms with Gasteiger partial charge in [-0.3, -0.25) is 0 Å². The van der Waals surface area contributed by atoms with Gasteiger partial charge in [-0.25, -0.2) is 13.2 Å². The molecule has 0 fully saturated rings. The van der Waals surface area contributed by atoms with Crippen LogP contribution in [0.3, 0.4) is 0 Å². The van der Waals surface area contributed by atoms with E-state index in [1.165, 1.54) is 12.2 Å². The highest BCUT2D eigenvalue weighted by Gasteiger charge is 2.07. The van der Waals surface area contributed by atoms with Crippen molar-refractivity contribution in [3.63, 3.8) is 0 Å². The van der Waals surface area contributed by atoms with E-state index >= 15 is 0 Å². The van der Waals surface area contributed by atoms with E-state index in [4.69, 9.17) is 5.73 Å². The van der Waals surface area contributed by atoms with Crippen LogP contribution in [-0.4, -0.2) is 6.54 Å². The molecule has 2 N–H and O–H groups in total. The molecular weight excluding hydrogens is 179 g/mol. The largest absolute Gasteiger partial charge is 0.327 e. The Bertz CT molecular complexity index is 334. The van der Waals surface area contributed by atoms with Crippen molar-refractivity contribution < 1.29 is 13.2 Å². The van der Waals surface area contributed by atoms with Gasteiger partial charge in [-0.15, -0.1) is 0 Å². The van der Waals surface area contributed by atoms with E-state index < -0.39 is 17.5 Å². The van der Waals surface area contributed by atoms with Gasteiger partial charge in [-0.05, 0) is 6.07 Å². The average Bonchev–Trinajstić information content (AvgIpc) is 2.09. The minimum Gasteiger partial charge on any atom is -0.327 e. The summed E-state index contributed by atoms with van der Waals surface area (Å²) >= 11 is 0. The molecule has 0 unspecified atom stereocenters. The van der Waals surface area contributed by atoms with Crippen LogP contribution < -0.4 is 5.73 Å². The first-order valence-corrected chi connectivity index (χ1v) is 3.66. The van der Waals surface area contributed by atoms with E-state index in [1.807, 2.05) is 0 Å². The van der Waals surface area contributed by atoms with Crippen LogP contribution >= 0.6 is 0 Å². The first-order valence-electron chi connectivity index (χ1n) is 3.66. The second-order valence-electron chi connectivity index (χ2n) is 2.43. The van der Waals surface area contributed by atoms with Crippen molar-refractivity contribution in [1.29, 1.82) is 0 Å². The number of rotatable bonds is 2. The summed E-state index contributed by atoms with van der Waals surface area (Å²) in [7, 11) is 0. The Morgan fingerprint density at radius 2 is 1.92 bits per heavy atom. The summed E-state index contributed by atoms with van der Waals surface area (Å²) in [6.07, 6.45) is 2.65. The molecule has 1 nitrogen and oxygen atoms in total. The quantitative estimate of drug-likeness (QED) is 0.705. The van der Waals surface area contributed by atoms with E-state index in [0.29, 0.717) is 6.07 Å². The zero-order valence-electron chi connectivity index (χ0n) is 6.73. The molecule has 1 aromatic carbocycles. The third kappa shape index (κ3) is 2.32. The summed E-state index contributed by atoms with van der Waals surface area (Å²) in [6, 6.07) is 1.40. The maximum atomic E-state index is 12.9. The van der Waals surface area contributed by atoms with Gasteiger partial charge in [-0.2, -0.15) is 0 Å². The van der Waals surface area contributed by atoms with Gasteiger partial charge < -0.3 is 5.73 Å². The zero-order chi connectivity index (χ0) is 9.84. The number of benzene rings is 1. The van der Waals surface area contributed by atoms with E-state index in [9.17, 15) is 13.2 Å². The summed E-state index contributed by atoms with van der Waals surface area (Å²) in [5.41, 5.74) is 4.97. The zero-order valence-corrected chi connectivity index (χ0v) is 6.73. The summed E-state index contributed by atoms with van der Waals surface area (Å²) in [6.45, 7) is 0.192. The van der Waals surface area contributed by atoms with E-state index in [0.717, 1.165) is 6.07 Å². The topological polar surface area (TPSA) is 26.0 Å². The Morgan fingerprint density at radius 1 is 1.23 bits per heavy atom. The van der Waals surface area contributed by atoms with Gasteiger partial charge in [0.1, 0.15) is 5.82 Å². The molecule has 0 atom stereocenters. The van der Waals surface area contributed by atoms with Crippen molar-refractivity contribution in [3.8, 4) is 0 Å². The molecule has 0 amide bonds. The van der Waals surface area contributed by atoms with E-state index in [2.05, 4.69) is 0 Å². The summed E-state index contributed by atoms with van der Waals surface area (Å²) in [5.74, 6) is -3.07. The predicted octanol–water partition coefficient (Wildman–Crippen LogP) is 2.08. The molecule has 0 aliphatic carbocycles. The van der Waals surface area contributed by atoms with E-state index in [-0.39, 0.29) is 12.1 Å². The molecule has 70 valence electrons. The van der Waals surface area contributed by atoms with Crippen molar-refractivity contribution in [1.82, 2.24) is 0 Å². The normalized spacial score (nSPS) is 11.1. The molecule has 0 spiro atoms. The fraction of sp³-hybridized carbons (Fsp3) is 0.111. The lowest BCUT2D eigenvalue weighted by atomic mass is 10.2. The monoisotopic (exact) mass is 187 g/mol. The van der Waals surface area contributed by atoms with Gasteiger partial charge in [0.25, 0.3) is 0 Å². The average molecular weight is 187 g/mol. The number of hydrogen-bond acceptors (Lipinski definition) is 1. The van der Waals surface area contributed by atoms with Crippen LogP contribution in [0.5, 0.6) is 0 Å². The minimum absolute atomic E-state index is 0.136. The number of hydrogen-bond donors (Lipinski definition) is 1. The molecule has 13 heavy (non-hydrogen) atoms. The molecule has 0 aliphatic rings. The summed E-state index contributed by atoms with van der Waals surface area (Å²) in [4.78, 5) is 0. The third-order valence-corrected chi connectivity index (χ3v) is 1.45. The Morgan fingerprint density at radius 3 is 2.54 bits per heavy atom. The van der Waals surface area contributed by atoms with Crippen LogP contribution in [0.1, 0.15) is 5.56 Å². The lowest BCUT2D eigenvalue weighted by molar-refractivity contribution is 0.493. The summed E-state index contributed by atoms with van der Waals surface area (Å²) in [5, 5.41) is 0. The second kappa shape index (κ2) is 4.09. The van der Waals surface area contributed by atoms with E-state index in [1.54, 1.807) is 0 Å². The standard InChI is InChI=1S/C9H8F3N/c10-7-4-6(2-1-3-13)9(12)8(11)5-7/h1-2,4-5H,3,13H2. The first-order chi connectivity index (χ1) is 6.15. The number of nitrogens with two attached hydrogens (primary N) is 1. The number of halogens is 3. The highest BCUT2D eigenvalue weighted by atomic mass is 19.2. The van der Waals surface area contributed by atoms with Gasteiger partial charge in [-0.1, -0.05) is 12.2 Å². The van der Waals surface area contributed by atoms with Crippen molar-refractivity contribution in [2.24, 2.45) is 5.73 Å². The van der Waals surface area contributed by atoms with Gasteiger partial charge in [0.2, 0.25) is 0 Å². The Labute approximate surface area is 73.7 Å². The molecule has 4 heteroatoms. The van der Waals surface area contributed by atoms with Gasteiger partial charge in [0.15, 0.2) is 11.6 Å². The molecular formula is C9H8F3N. The smallest absolute Gasteiger partial charge is 0.166 e. The lowest BCUT2D eigenvalue weighted by Gasteiger charge is -1.98. The summed E-state index contributed by atoms with van der Waals surface area (Å²) < 4.78 is 38.0. The van der Waals surface area contributed by atoms with Crippen LogP contribution in [0.25, 0.3) is 6.08 Å². The van der Waals surface area contributed by atoms with Crippen LogP contribution in [0, 0.1) is 17.5 Å². The highest BCUT2D eigenvalue weighted by Crippen LogP contribution is 2.15. The molecule has 0 saturated heterocycles. The molecule has 0 radical (unpaired) electrons. The molecule has 1 aromatic rings. The molecule has 1 rings (SSSR count). The highest BCUT2D eigenvalue weighted by molar-refractivity contribution is 5.50. The molecule has 0 saturated carbocycles. The lowest BCUT2D eigenvalue weighted by Crippen LogP contribution is -1.94. The minimum atomic E-state index is -1.20. The fourth-order valence-corrected chi connectivity index (χ4v) is 0.892. The Hall–Kier alpha value is -1.29. The molecule has 0 aromatic heterocycles. The van der Waals surface area contributed by atoms with Crippen LogP contribution in [-0.2, 0) is 0 Å². The molecule has 0 heterocycles. The Kier molecular flexibility index (Phi) is 3.08. The van der Waals surface area contributed by atoms with Crippen LogP contribution in [0.4, 0.5) is 13.2 Å². The first kappa shape index (κ1) is 9.80. The molecule has 0 aliphatic heterocycles. The SMILES string of the molecule is NCC=Cc1cc(F)cc(F)c1F. The van der Waals surface area contributed by atoms with Crippen LogP contribution in [0.2, 0.25) is 0 Å². The third-order valence-electron chi connectivity index (χ3n) is 1.45. The van der Waals surface area contributed by atoms with Gasteiger partial charge in [0.05, 0.1) is 0 Å². The Balaban J connectivity index is 3.12. The van der Waals surface area contributed by atoms with Gasteiger partial charge in [0, 0.05) is 18.2 Å². The maximum Gasteiger partial charge on any atom is 0.166 e.